The number of methoxy groups -OCH3 is 1. The normalized spacial score (nSPS) is 17.7. The number of fused-ring (bicyclic) bond motifs is 1. The van der Waals surface area contributed by atoms with Crippen molar-refractivity contribution < 1.29 is 9.84 Å². The molecule has 202 valence electrons. The zero-order valence-corrected chi connectivity index (χ0v) is 23.2. The van der Waals surface area contributed by atoms with Gasteiger partial charge >= 0.3 is 0 Å². The fraction of sp³-hybridized carbons (Fsp3) is 0.471. The Hall–Kier alpha value is -2.98. The number of anilines is 1. The predicted octanol–water partition coefficient (Wildman–Crippen LogP) is 7.16. The van der Waals surface area contributed by atoms with Gasteiger partial charge in [0.25, 0.3) is 0 Å². The molecule has 1 atom stereocenters. The van der Waals surface area contributed by atoms with E-state index in [-0.39, 0.29) is 0 Å². The zero-order chi connectivity index (χ0) is 26.3. The van der Waals surface area contributed by atoms with Crippen molar-refractivity contribution in [3.8, 4) is 11.5 Å². The van der Waals surface area contributed by atoms with Crippen LogP contribution in [0.2, 0.25) is 0 Å². The summed E-state index contributed by atoms with van der Waals surface area (Å²) in [6.07, 6.45) is 11.1. The van der Waals surface area contributed by atoms with Gasteiger partial charge in [-0.2, -0.15) is 0 Å². The SMILES string of the molecule is CCN(Cc1ccc(CCNC2CCCCC2)cc1)c1cc(OC)ccc1[C@@H]1CCc2cc(O)ccc2C1. The lowest BCUT2D eigenvalue weighted by molar-refractivity contribution is 0.375. The van der Waals surface area contributed by atoms with Crippen LogP contribution in [-0.4, -0.2) is 31.3 Å². The fourth-order valence-electron chi connectivity index (χ4n) is 6.40. The van der Waals surface area contributed by atoms with Crippen molar-refractivity contribution in [1.82, 2.24) is 5.32 Å². The Labute approximate surface area is 229 Å². The van der Waals surface area contributed by atoms with Gasteiger partial charge in [-0.25, -0.2) is 0 Å². The second kappa shape index (κ2) is 12.7. The van der Waals surface area contributed by atoms with Gasteiger partial charge in [0.2, 0.25) is 0 Å². The molecular weight excluding hydrogens is 468 g/mol. The Balaban J connectivity index is 1.27. The average Bonchev–Trinajstić information content (AvgIpc) is 2.96. The number of nitrogens with zero attached hydrogens (tertiary/aromatic N) is 1. The lowest BCUT2D eigenvalue weighted by Gasteiger charge is -2.32. The maximum absolute atomic E-state index is 9.91. The Morgan fingerprint density at radius 1 is 0.895 bits per heavy atom. The third-order valence-electron chi connectivity index (χ3n) is 8.67. The van der Waals surface area contributed by atoms with Crippen LogP contribution in [0.5, 0.6) is 11.5 Å². The number of phenols is 1. The summed E-state index contributed by atoms with van der Waals surface area (Å²) in [6.45, 7) is 5.13. The molecule has 0 saturated heterocycles. The molecule has 5 rings (SSSR count). The number of phenolic OH excluding ortho intramolecular Hbond substituents is 1. The fourth-order valence-corrected chi connectivity index (χ4v) is 6.40. The molecule has 1 fully saturated rings. The number of hydrogen-bond acceptors (Lipinski definition) is 4. The predicted molar refractivity (Wildman–Crippen MR) is 158 cm³/mol. The highest BCUT2D eigenvalue weighted by Gasteiger charge is 2.24. The van der Waals surface area contributed by atoms with Gasteiger partial charge in [0.1, 0.15) is 11.5 Å². The average molecular weight is 513 g/mol. The van der Waals surface area contributed by atoms with Crippen molar-refractivity contribution in [2.75, 3.05) is 25.1 Å². The Kier molecular flexibility index (Phi) is 8.90. The molecule has 38 heavy (non-hydrogen) atoms. The van der Waals surface area contributed by atoms with E-state index in [1.54, 1.807) is 7.11 Å². The second-order valence-electron chi connectivity index (χ2n) is 11.2. The van der Waals surface area contributed by atoms with E-state index in [2.05, 4.69) is 65.7 Å². The molecule has 0 heterocycles. The van der Waals surface area contributed by atoms with Gasteiger partial charge in [0.15, 0.2) is 0 Å². The molecule has 4 heteroatoms. The Bertz CT molecular complexity index is 1180. The van der Waals surface area contributed by atoms with E-state index >= 15 is 0 Å². The van der Waals surface area contributed by atoms with Crippen molar-refractivity contribution in [3.05, 3.63) is 88.5 Å². The van der Waals surface area contributed by atoms with Crippen LogP contribution in [0.4, 0.5) is 5.69 Å². The molecular formula is C34H44N2O2. The van der Waals surface area contributed by atoms with Crippen LogP contribution < -0.4 is 15.0 Å². The summed E-state index contributed by atoms with van der Waals surface area (Å²) in [4.78, 5) is 2.49. The number of rotatable bonds is 10. The van der Waals surface area contributed by atoms with Crippen molar-refractivity contribution in [2.24, 2.45) is 0 Å². The lowest BCUT2D eigenvalue weighted by atomic mass is 9.79. The molecule has 0 aliphatic heterocycles. The van der Waals surface area contributed by atoms with E-state index in [4.69, 9.17) is 4.74 Å². The standard InChI is InChI=1S/C34H44N2O2/c1-3-36(24-26-11-9-25(10-12-26)19-20-35-30-7-5-4-6-8-30)34-23-32(38-2)17-18-33(34)29-14-13-28-22-31(37)16-15-27(28)21-29/h9-12,15-18,22-23,29-30,35,37H,3-8,13-14,19-21,24H2,1-2H3/t29-/m1/s1. The zero-order valence-electron chi connectivity index (χ0n) is 23.2. The maximum Gasteiger partial charge on any atom is 0.120 e. The summed E-state index contributed by atoms with van der Waals surface area (Å²) >= 11 is 0. The number of benzene rings is 3. The van der Waals surface area contributed by atoms with Crippen LogP contribution in [0, 0.1) is 0 Å². The Morgan fingerprint density at radius 2 is 1.68 bits per heavy atom. The minimum atomic E-state index is 0.371. The van der Waals surface area contributed by atoms with E-state index in [0.717, 1.165) is 57.1 Å². The third-order valence-corrected chi connectivity index (χ3v) is 8.67. The number of nitrogens with one attached hydrogen (secondary N) is 1. The lowest BCUT2D eigenvalue weighted by Crippen LogP contribution is -2.32. The molecule has 0 bridgehead atoms. The number of aromatic hydroxyl groups is 1. The molecule has 0 spiro atoms. The summed E-state index contributed by atoms with van der Waals surface area (Å²) in [5.74, 6) is 1.74. The van der Waals surface area contributed by atoms with E-state index in [1.807, 2.05) is 12.1 Å². The first-order valence-electron chi connectivity index (χ1n) is 14.7. The summed E-state index contributed by atoms with van der Waals surface area (Å²) in [5, 5.41) is 13.7. The molecule has 2 aliphatic carbocycles. The minimum absolute atomic E-state index is 0.371. The molecule has 0 unspecified atom stereocenters. The monoisotopic (exact) mass is 512 g/mol. The highest BCUT2D eigenvalue weighted by atomic mass is 16.5. The van der Waals surface area contributed by atoms with Crippen LogP contribution in [0.3, 0.4) is 0 Å². The van der Waals surface area contributed by atoms with Gasteiger partial charge in [-0.15, -0.1) is 0 Å². The molecule has 1 saturated carbocycles. The van der Waals surface area contributed by atoms with Gasteiger partial charge in [0, 0.05) is 30.9 Å². The van der Waals surface area contributed by atoms with Crippen molar-refractivity contribution in [3.63, 3.8) is 0 Å². The first kappa shape index (κ1) is 26.6. The molecule has 2 N–H and O–H groups in total. The largest absolute Gasteiger partial charge is 0.508 e. The Morgan fingerprint density at radius 3 is 2.45 bits per heavy atom. The van der Waals surface area contributed by atoms with Gasteiger partial charge in [-0.3, -0.25) is 0 Å². The van der Waals surface area contributed by atoms with Crippen molar-refractivity contribution in [2.45, 2.75) is 83.2 Å². The van der Waals surface area contributed by atoms with Crippen molar-refractivity contribution >= 4 is 5.69 Å². The molecule has 2 aliphatic rings. The van der Waals surface area contributed by atoms with Crippen molar-refractivity contribution in [1.29, 1.82) is 0 Å². The third kappa shape index (κ3) is 6.53. The maximum atomic E-state index is 9.91. The van der Waals surface area contributed by atoms with Gasteiger partial charge in [-0.05, 0) is 104 Å². The number of ether oxygens (including phenoxy) is 1. The van der Waals surface area contributed by atoms with Gasteiger partial charge < -0.3 is 20.1 Å². The molecule has 0 radical (unpaired) electrons. The molecule has 0 amide bonds. The second-order valence-corrected chi connectivity index (χ2v) is 11.2. The molecule has 4 nitrogen and oxygen atoms in total. The molecule has 3 aromatic rings. The molecule has 3 aromatic carbocycles. The highest BCUT2D eigenvalue weighted by Crippen LogP contribution is 2.40. The number of hydrogen-bond donors (Lipinski definition) is 2. The molecule has 0 aromatic heterocycles. The summed E-state index contributed by atoms with van der Waals surface area (Å²) in [5.41, 5.74) is 8.08. The van der Waals surface area contributed by atoms with E-state index in [9.17, 15) is 5.11 Å². The first-order chi connectivity index (χ1) is 18.6. The van der Waals surface area contributed by atoms with E-state index in [1.165, 1.54) is 65.6 Å². The smallest absolute Gasteiger partial charge is 0.120 e. The highest BCUT2D eigenvalue weighted by molar-refractivity contribution is 5.60. The van der Waals surface area contributed by atoms with Crippen LogP contribution in [0.15, 0.2) is 60.7 Å². The van der Waals surface area contributed by atoms with Gasteiger partial charge in [-0.1, -0.05) is 55.7 Å². The topological polar surface area (TPSA) is 44.7 Å². The number of aryl methyl sites for hydroxylation is 1. The van der Waals surface area contributed by atoms with Crippen LogP contribution in [-0.2, 0) is 25.8 Å². The van der Waals surface area contributed by atoms with Crippen LogP contribution in [0.25, 0.3) is 0 Å². The van der Waals surface area contributed by atoms with Crippen LogP contribution >= 0.6 is 0 Å². The van der Waals surface area contributed by atoms with E-state index in [0.29, 0.717) is 11.7 Å². The quantitative estimate of drug-likeness (QED) is 0.302. The minimum Gasteiger partial charge on any atom is -0.508 e. The first-order valence-corrected chi connectivity index (χ1v) is 14.7. The summed E-state index contributed by atoms with van der Waals surface area (Å²) < 4.78 is 5.65. The van der Waals surface area contributed by atoms with Crippen LogP contribution in [0.1, 0.15) is 79.2 Å². The van der Waals surface area contributed by atoms with E-state index < -0.39 is 0 Å². The summed E-state index contributed by atoms with van der Waals surface area (Å²) in [7, 11) is 1.75. The summed E-state index contributed by atoms with van der Waals surface area (Å²) in [6, 6.07) is 22.4. The van der Waals surface area contributed by atoms with Gasteiger partial charge in [0.05, 0.1) is 7.11 Å².